The number of hydrogen-bond acceptors (Lipinski definition) is 5. The van der Waals surface area contributed by atoms with Gasteiger partial charge in [0.1, 0.15) is 16.3 Å². The van der Waals surface area contributed by atoms with Crippen LogP contribution in [0.15, 0.2) is 65.3 Å². The minimum absolute atomic E-state index is 0.264. The van der Waals surface area contributed by atoms with Crippen molar-refractivity contribution in [3.05, 3.63) is 71.0 Å². The van der Waals surface area contributed by atoms with E-state index in [4.69, 9.17) is 32.4 Å². The molecule has 2 aromatic heterocycles. The molecular weight excluding hydrogens is 413 g/mol. The van der Waals surface area contributed by atoms with Crippen LogP contribution in [0.3, 0.4) is 0 Å². The molecule has 1 amide bonds. The van der Waals surface area contributed by atoms with Gasteiger partial charge in [-0.2, -0.15) is 0 Å². The number of hydrogen-bond donors (Lipinski definition) is 1. The highest BCUT2D eigenvalue weighted by Gasteiger charge is 2.18. The van der Waals surface area contributed by atoms with Crippen LogP contribution in [0.1, 0.15) is 6.92 Å². The summed E-state index contributed by atoms with van der Waals surface area (Å²) in [5.41, 5.74) is 2.63. The van der Waals surface area contributed by atoms with Gasteiger partial charge in [0, 0.05) is 29.7 Å². The molecule has 2 aromatic carbocycles. The number of amides is 1. The Morgan fingerprint density at radius 1 is 1.14 bits per heavy atom. The van der Waals surface area contributed by atoms with Gasteiger partial charge in [-0.15, -0.1) is 0 Å². The third-order valence-electron chi connectivity index (χ3n) is 4.17. The lowest BCUT2D eigenvalue weighted by atomic mass is 10.2. The maximum absolute atomic E-state index is 12.5. The molecule has 1 N–H and O–H groups in total. The average molecular weight is 428 g/mol. The molecule has 0 aliphatic carbocycles. The van der Waals surface area contributed by atoms with Gasteiger partial charge in [-0.25, -0.2) is 4.98 Å². The monoisotopic (exact) mass is 427 g/mol. The number of carbonyl (C=O) groups is 1. The summed E-state index contributed by atoms with van der Waals surface area (Å²) < 4.78 is 11.4. The molecule has 0 spiro atoms. The van der Waals surface area contributed by atoms with E-state index in [2.05, 4.69) is 15.3 Å². The van der Waals surface area contributed by atoms with E-state index < -0.39 is 6.10 Å². The summed E-state index contributed by atoms with van der Waals surface area (Å²) in [4.78, 5) is 20.9. The van der Waals surface area contributed by atoms with Crippen LogP contribution in [0.25, 0.3) is 22.6 Å². The molecule has 1 atom stereocenters. The van der Waals surface area contributed by atoms with Gasteiger partial charge in [0.2, 0.25) is 5.89 Å². The number of nitrogens with zero attached hydrogens (tertiary/aromatic N) is 2. The lowest BCUT2D eigenvalue weighted by molar-refractivity contribution is -0.122. The maximum atomic E-state index is 12.5. The molecule has 29 heavy (non-hydrogen) atoms. The van der Waals surface area contributed by atoms with E-state index >= 15 is 0 Å². The molecule has 0 aliphatic heterocycles. The van der Waals surface area contributed by atoms with E-state index in [9.17, 15) is 4.79 Å². The first kappa shape index (κ1) is 19.2. The minimum atomic E-state index is -0.788. The smallest absolute Gasteiger partial charge is 0.265 e. The third kappa shape index (κ3) is 4.18. The van der Waals surface area contributed by atoms with Gasteiger partial charge in [-0.1, -0.05) is 29.3 Å². The van der Waals surface area contributed by atoms with Gasteiger partial charge in [-0.3, -0.25) is 9.78 Å². The van der Waals surface area contributed by atoms with Crippen LogP contribution >= 0.6 is 23.2 Å². The second kappa shape index (κ2) is 8.11. The van der Waals surface area contributed by atoms with Crippen molar-refractivity contribution in [3.63, 3.8) is 0 Å². The number of benzene rings is 2. The Labute approximate surface area is 176 Å². The fourth-order valence-electron chi connectivity index (χ4n) is 2.68. The summed E-state index contributed by atoms with van der Waals surface area (Å²) >= 11 is 12.1. The summed E-state index contributed by atoms with van der Waals surface area (Å²) in [6, 6.07) is 13.9. The average Bonchev–Trinajstić information content (AvgIpc) is 3.15. The topological polar surface area (TPSA) is 77.2 Å². The zero-order valence-corrected chi connectivity index (χ0v) is 16.7. The van der Waals surface area contributed by atoms with Gasteiger partial charge in [0.15, 0.2) is 11.7 Å². The minimum Gasteiger partial charge on any atom is -0.479 e. The standard InChI is InChI=1S/C21H15Cl2N3O3/c1-12(28-17-4-2-3-15(22)19(17)23)20(27)25-14-5-6-16-18(11-14)29-21(26-16)13-7-9-24-10-8-13/h2-12H,1H3,(H,25,27)/t12-/m0/s1. The maximum Gasteiger partial charge on any atom is 0.265 e. The number of rotatable bonds is 5. The van der Waals surface area contributed by atoms with Crippen LogP contribution in [0, 0.1) is 0 Å². The predicted molar refractivity (Wildman–Crippen MR) is 112 cm³/mol. The van der Waals surface area contributed by atoms with Crippen molar-refractivity contribution in [3.8, 4) is 17.2 Å². The van der Waals surface area contributed by atoms with Gasteiger partial charge in [0.25, 0.3) is 5.91 Å². The number of pyridine rings is 1. The largest absolute Gasteiger partial charge is 0.479 e. The molecule has 0 aliphatic rings. The Kier molecular flexibility index (Phi) is 5.38. The highest BCUT2D eigenvalue weighted by Crippen LogP contribution is 2.32. The molecule has 146 valence electrons. The highest BCUT2D eigenvalue weighted by molar-refractivity contribution is 6.42. The van der Waals surface area contributed by atoms with Crippen LogP contribution < -0.4 is 10.1 Å². The predicted octanol–water partition coefficient (Wildman–Crippen LogP) is 5.60. The first-order chi connectivity index (χ1) is 14.0. The number of fused-ring (bicyclic) bond motifs is 1. The molecule has 2 heterocycles. The van der Waals surface area contributed by atoms with Crippen LogP contribution in [-0.2, 0) is 4.79 Å². The van der Waals surface area contributed by atoms with Crippen LogP contribution in [0.4, 0.5) is 5.69 Å². The second-order valence-corrected chi connectivity index (χ2v) is 7.02. The van der Waals surface area contributed by atoms with Crippen molar-refractivity contribution < 1.29 is 13.9 Å². The summed E-state index contributed by atoms with van der Waals surface area (Å²) in [6.07, 6.45) is 2.55. The summed E-state index contributed by atoms with van der Waals surface area (Å²) in [5, 5.41) is 3.42. The van der Waals surface area contributed by atoms with Crippen molar-refractivity contribution in [2.24, 2.45) is 0 Å². The first-order valence-electron chi connectivity index (χ1n) is 8.74. The quantitative estimate of drug-likeness (QED) is 0.448. The van der Waals surface area contributed by atoms with E-state index in [-0.39, 0.29) is 10.9 Å². The third-order valence-corrected chi connectivity index (χ3v) is 4.97. The van der Waals surface area contributed by atoms with E-state index in [0.717, 1.165) is 5.56 Å². The molecule has 0 saturated carbocycles. The molecule has 4 rings (SSSR count). The number of nitrogens with one attached hydrogen (secondary N) is 1. The zero-order valence-electron chi connectivity index (χ0n) is 15.2. The van der Waals surface area contributed by atoms with E-state index in [1.807, 2.05) is 12.1 Å². The van der Waals surface area contributed by atoms with Crippen molar-refractivity contribution in [2.45, 2.75) is 13.0 Å². The first-order valence-corrected chi connectivity index (χ1v) is 9.49. The Hall–Kier alpha value is -3.09. The fraction of sp³-hybridized carbons (Fsp3) is 0.0952. The summed E-state index contributed by atoms with van der Waals surface area (Å²) in [7, 11) is 0. The van der Waals surface area contributed by atoms with Gasteiger partial charge >= 0.3 is 0 Å². The highest BCUT2D eigenvalue weighted by atomic mass is 35.5. The number of anilines is 1. The molecule has 8 heteroatoms. The Balaban J connectivity index is 1.49. The summed E-state index contributed by atoms with van der Waals surface area (Å²) in [5.74, 6) is 0.488. The van der Waals surface area contributed by atoms with Crippen molar-refractivity contribution in [1.82, 2.24) is 9.97 Å². The molecular formula is C21H15Cl2N3O3. The molecule has 4 aromatic rings. The van der Waals surface area contributed by atoms with Crippen LogP contribution in [0.5, 0.6) is 5.75 Å². The number of carbonyl (C=O) groups excluding carboxylic acids is 1. The fourth-order valence-corrected chi connectivity index (χ4v) is 3.02. The van der Waals surface area contributed by atoms with Crippen molar-refractivity contribution in [2.75, 3.05) is 5.32 Å². The van der Waals surface area contributed by atoms with Crippen molar-refractivity contribution in [1.29, 1.82) is 0 Å². The number of oxazole rings is 1. The molecule has 0 saturated heterocycles. The van der Waals surface area contributed by atoms with Gasteiger partial charge in [-0.05, 0) is 43.3 Å². The van der Waals surface area contributed by atoms with E-state index in [1.54, 1.807) is 55.7 Å². The molecule has 6 nitrogen and oxygen atoms in total. The Morgan fingerprint density at radius 2 is 1.93 bits per heavy atom. The van der Waals surface area contributed by atoms with Gasteiger partial charge in [0.05, 0.1) is 5.02 Å². The van der Waals surface area contributed by atoms with Crippen LogP contribution in [-0.4, -0.2) is 22.0 Å². The van der Waals surface area contributed by atoms with Crippen molar-refractivity contribution >= 4 is 45.9 Å². The molecule has 0 unspecified atom stereocenters. The Morgan fingerprint density at radius 3 is 2.72 bits per heavy atom. The van der Waals surface area contributed by atoms with E-state index in [1.165, 1.54) is 0 Å². The lowest BCUT2D eigenvalue weighted by Gasteiger charge is -2.16. The molecule has 0 radical (unpaired) electrons. The lowest BCUT2D eigenvalue weighted by Crippen LogP contribution is -2.30. The Bertz CT molecular complexity index is 1180. The normalized spacial score (nSPS) is 12.0. The second-order valence-electron chi connectivity index (χ2n) is 6.24. The molecule has 0 fully saturated rings. The number of ether oxygens (including phenoxy) is 1. The van der Waals surface area contributed by atoms with E-state index in [0.29, 0.717) is 33.4 Å². The SMILES string of the molecule is C[C@H](Oc1cccc(Cl)c1Cl)C(=O)Nc1ccc2nc(-c3ccncc3)oc2c1. The number of halogens is 2. The number of aromatic nitrogens is 2. The van der Waals surface area contributed by atoms with Crippen LogP contribution in [0.2, 0.25) is 10.0 Å². The summed E-state index contributed by atoms with van der Waals surface area (Å²) in [6.45, 7) is 1.63. The van der Waals surface area contributed by atoms with Gasteiger partial charge < -0.3 is 14.5 Å². The molecule has 0 bridgehead atoms. The zero-order chi connectivity index (χ0) is 20.4.